The van der Waals surface area contributed by atoms with Crippen LogP contribution in [0.4, 0.5) is 0 Å². The molecule has 16 heavy (non-hydrogen) atoms. The number of hydrogen-bond acceptors (Lipinski definition) is 1. The second-order valence-corrected chi connectivity index (χ2v) is 4.99. The van der Waals surface area contributed by atoms with Gasteiger partial charge >= 0.3 is 0 Å². The van der Waals surface area contributed by atoms with E-state index >= 15 is 0 Å². The smallest absolute Gasteiger partial charge is 0.0459 e. The highest BCUT2D eigenvalue weighted by molar-refractivity contribution is 5.87. The van der Waals surface area contributed by atoms with Gasteiger partial charge in [0.2, 0.25) is 0 Å². The summed E-state index contributed by atoms with van der Waals surface area (Å²) in [7, 11) is 2.21. The van der Waals surface area contributed by atoms with E-state index in [0.717, 1.165) is 0 Å². The van der Waals surface area contributed by atoms with Crippen LogP contribution in [0.25, 0.3) is 10.9 Å². The van der Waals surface area contributed by atoms with Crippen LogP contribution >= 0.6 is 0 Å². The molecule has 2 nitrogen and oxygen atoms in total. The van der Waals surface area contributed by atoms with E-state index in [1.165, 1.54) is 41.5 Å². The number of aryl methyl sites for hydroxylation is 1. The zero-order valence-electron chi connectivity index (χ0n) is 9.96. The number of aromatic nitrogens is 1. The molecule has 0 saturated carbocycles. The Bertz CT molecular complexity index is 512. The molecule has 0 aliphatic carbocycles. The number of H-pyrrole nitrogens is 1. The van der Waals surface area contributed by atoms with Crippen LogP contribution in [0.15, 0.2) is 24.4 Å². The van der Waals surface area contributed by atoms with Crippen molar-refractivity contribution < 1.29 is 0 Å². The molecule has 0 bridgehead atoms. The Kier molecular flexibility index (Phi) is 2.25. The van der Waals surface area contributed by atoms with Crippen molar-refractivity contribution in [3.8, 4) is 0 Å². The molecule has 2 aromatic rings. The third-order valence-corrected chi connectivity index (χ3v) is 3.78. The van der Waals surface area contributed by atoms with Crippen LogP contribution in [0.2, 0.25) is 0 Å². The van der Waals surface area contributed by atoms with Gasteiger partial charge in [0, 0.05) is 23.6 Å². The Hall–Kier alpha value is -1.28. The fourth-order valence-electron chi connectivity index (χ4n) is 2.91. The van der Waals surface area contributed by atoms with Gasteiger partial charge in [-0.3, -0.25) is 0 Å². The van der Waals surface area contributed by atoms with Gasteiger partial charge in [-0.25, -0.2) is 0 Å². The van der Waals surface area contributed by atoms with Gasteiger partial charge in [0.15, 0.2) is 0 Å². The first kappa shape index (κ1) is 9.91. The molecule has 1 fully saturated rings. The van der Waals surface area contributed by atoms with E-state index in [0.29, 0.717) is 5.92 Å². The van der Waals surface area contributed by atoms with Crippen LogP contribution in [0.5, 0.6) is 0 Å². The van der Waals surface area contributed by atoms with Crippen molar-refractivity contribution in [3.63, 3.8) is 0 Å². The van der Waals surface area contributed by atoms with Crippen LogP contribution in [0, 0.1) is 6.92 Å². The Morgan fingerprint density at radius 3 is 3.00 bits per heavy atom. The standard InChI is InChI=1S/C14H18N2/c1-10-4-3-5-13-14(10)12(8-15-13)11-6-7-16(2)9-11/h3-5,8,11,15H,6-7,9H2,1-2H3/t11-/m1/s1. The number of likely N-dealkylation sites (tertiary alicyclic amines) is 1. The van der Waals surface area contributed by atoms with Crippen LogP contribution in [0.1, 0.15) is 23.5 Å². The number of fused-ring (bicyclic) bond motifs is 1. The predicted octanol–water partition coefficient (Wildman–Crippen LogP) is 2.90. The fraction of sp³-hybridized carbons (Fsp3) is 0.429. The zero-order chi connectivity index (χ0) is 11.1. The maximum Gasteiger partial charge on any atom is 0.0459 e. The normalized spacial score (nSPS) is 22.0. The maximum atomic E-state index is 3.40. The predicted molar refractivity (Wildman–Crippen MR) is 67.9 cm³/mol. The van der Waals surface area contributed by atoms with Gasteiger partial charge in [0.1, 0.15) is 0 Å². The van der Waals surface area contributed by atoms with Gasteiger partial charge in [-0.05, 0) is 50.0 Å². The molecule has 3 rings (SSSR count). The van der Waals surface area contributed by atoms with E-state index in [4.69, 9.17) is 0 Å². The van der Waals surface area contributed by atoms with Gasteiger partial charge in [0.05, 0.1) is 0 Å². The second kappa shape index (κ2) is 3.63. The SMILES string of the molecule is Cc1cccc2[nH]cc([C@@H]3CCN(C)C3)c12. The minimum atomic E-state index is 0.708. The van der Waals surface area contributed by atoms with Crippen LogP contribution in [0.3, 0.4) is 0 Å². The number of rotatable bonds is 1. The molecular formula is C14H18N2. The first-order valence-electron chi connectivity index (χ1n) is 6.01. The van der Waals surface area contributed by atoms with Crippen molar-refractivity contribution in [2.24, 2.45) is 0 Å². The first-order valence-corrected chi connectivity index (χ1v) is 6.01. The highest BCUT2D eigenvalue weighted by atomic mass is 15.1. The molecule has 1 aliphatic heterocycles. The fourth-order valence-corrected chi connectivity index (χ4v) is 2.91. The Balaban J connectivity index is 2.10. The summed E-state index contributed by atoms with van der Waals surface area (Å²) in [6.07, 6.45) is 3.50. The highest BCUT2D eigenvalue weighted by Crippen LogP contribution is 2.33. The number of nitrogens with one attached hydrogen (secondary N) is 1. The molecule has 0 amide bonds. The molecule has 2 heteroatoms. The van der Waals surface area contributed by atoms with E-state index in [1.807, 2.05) is 0 Å². The first-order chi connectivity index (χ1) is 7.75. The molecule has 1 aromatic carbocycles. The Morgan fingerprint density at radius 1 is 1.38 bits per heavy atom. The van der Waals surface area contributed by atoms with Gasteiger partial charge in [0.25, 0.3) is 0 Å². The van der Waals surface area contributed by atoms with Crippen LogP contribution in [-0.2, 0) is 0 Å². The average Bonchev–Trinajstić information content (AvgIpc) is 2.84. The van der Waals surface area contributed by atoms with E-state index in [1.54, 1.807) is 0 Å². The lowest BCUT2D eigenvalue weighted by atomic mass is 9.96. The number of likely N-dealkylation sites (N-methyl/N-ethyl adjacent to an activating group) is 1. The van der Waals surface area contributed by atoms with Gasteiger partial charge < -0.3 is 9.88 Å². The van der Waals surface area contributed by atoms with Gasteiger partial charge in [-0.2, -0.15) is 0 Å². The summed E-state index contributed by atoms with van der Waals surface area (Å²) in [6.45, 7) is 4.63. The zero-order valence-corrected chi connectivity index (χ0v) is 9.96. The molecule has 1 aromatic heterocycles. The lowest BCUT2D eigenvalue weighted by molar-refractivity contribution is 0.412. The lowest BCUT2D eigenvalue weighted by Crippen LogP contribution is -2.13. The second-order valence-electron chi connectivity index (χ2n) is 4.99. The summed E-state index contributed by atoms with van der Waals surface area (Å²) >= 11 is 0. The highest BCUT2D eigenvalue weighted by Gasteiger charge is 2.23. The minimum absolute atomic E-state index is 0.708. The molecule has 0 spiro atoms. The molecule has 1 aliphatic rings. The topological polar surface area (TPSA) is 19.0 Å². The molecule has 0 unspecified atom stereocenters. The largest absolute Gasteiger partial charge is 0.361 e. The summed E-state index contributed by atoms with van der Waals surface area (Å²) in [5.41, 5.74) is 4.19. The summed E-state index contributed by atoms with van der Waals surface area (Å²) in [5.74, 6) is 0.708. The molecular weight excluding hydrogens is 196 g/mol. The van der Waals surface area contributed by atoms with E-state index in [-0.39, 0.29) is 0 Å². The van der Waals surface area contributed by atoms with Crippen molar-refractivity contribution >= 4 is 10.9 Å². The number of aromatic amines is 1. The summed E-state index contributed by atoms with van der Waals surface area (Å²) in [4.78, 5) is 5.82. The molecule has 1 N–H and O–H groups in total. The lowest BCUT2D eigenvalue weighted by Gasteiger charge is -2.10. The number of benzene rings is 1. The summed E-state index contributed by atoms with van der Waals surface area (Å²) in [5, 5.41) is 1.45. The third-order valence-electron chi connectivity index (χ3n) is 3.78. The summed E-state index contributed by atoms with van der Waals surface area (Å²) < 4.78 is 0. The van der Waals surface area contributed by atoms with Crippen LogP contribution in [-0.4, -0.2) is 30.0 Å². The summed E-state index contributed by atoms with van der Waals surface area (Å²) in [6, 6.07) is 6.50. The Labute approximate surface area is 96.3 Å². The number of hydrogen-bond donors (Lipinski definition) is 1. The van der Waals surface area contributed by atoms with Gasteiger partial charge in [-0.15, -0.1) is 0 Å². The van der Waals surface area contributed by atoms with Crippen molar-refractivity contribution in [1.29, 1.82) is 0 Å². The number of nitrogens with zero attached hydrogens (tertiary/aromatic N) is 1. The van der Waals surface area contributed by atoms with Crippen LogP contribution < -0.4 is 0 Å². The quantitative estimate of drug-likeness (QED) is 0.773. The van der Waals surface area contributed by atoms with E-state index < -0.39 is 0 Å². The van der Waals surface area contributed by atoms with Crippen molar-refractivity contribution in [2.45, 2.75) is 19.3 Å². The van der Waals surface area contributed by atoms with Crippen molar-refractivity contribution in [3.05, 3.63) is 35.5 Å². The molecule has 1 saturated heterocycles. The van der Waals surface area contributed by atoms with Crippen molar-refractivity contribution in [1.82, 2.24) is 9.88 Å². The average molecular weight is 214 g/mol. The maximum absolute atomic E-state index is 3.40. The van der Waals surface area contributed by atoms with Crippen molar-refractivity contribution in [2.75, 3.05) is 20.1 Å². The third kappa shape index (κ3) is 1.45. The van der Waals surface area contributed by atoms with E-state index in [2.05, 4.69) is 48.3 Å². The molecule has 0 radical (unpaired) electrons. The van der Waals surface area contributed by atoms with Gasteiger partial charge in [-0.1, -0.05) is 12.1 Å². The molecule has 1 atom stereocenters. The Morgan fingerprint density at radius 2 is 2.25 bits per heavy atom. The van der Waals surface area contributed by atoms with E-state index in [9.17, 15) is 0 Å². The minimum Gasteiger partial charge on any atom is -0.361 e. The molecule has 2 heterocycles. The molecule has 84 valence electrons. The monoisotopic (exact) mass is 214 g/mol.